The van der Waals surface area contributed by atoms with Gasteiger partial charge in [-0.3, -0.25) is 4.79 Å². The molecule has 1 aliphatic heterocycles. The van der Waals surface area contributed by atoms with E-state index in [4.69, 9.17) is 4.74 Å². The molecule has 1 aromatic rings. The van der Waals surface area contributed by atoms with E-state index < -0.39 is 0 Å². The van der Waals surface area contributed by atoms with Crippen LogP contribution in [0.4, 0.5) is 0 Å². The smallest absolute Gasteiger partial charge is 0.210 e. The highest BCUT2D eigenvalue weighted by Crippen LogP contribution is 2.70. The van der Waals surface area contributed by atoms with Crippen molar-refractivity contribution >= 4 is 6.41 Å². The fraction of sp³-hybridized carbons (Fsp3) is 0.632. The Kier molecular flexibility index (Phi) is 2.61. The van der Waals surface area contributed by atoms with Crippen molar-refractivity contribution < 1.29 is 9.53 Å². The van der Waals surface area contributed by atoms with Gasteiger partial charge >= 0.3 is 0 Å². The van der Waals surface area contributed by atoms with Gasteiger partial charge in [0.15, 0.2) is 0 Å². The van der Waals surface area contributed by atoms with E-state index >= 15 is 0 Å². The Balaban J connectivity index is 2.05. The molecule has 3 aliphatic rings. The lowest BCUT2D eigenvalue weighted by molar-refractivity contribution is -0.121. The minimum absolute atomic E-state index is 0.0836. The lowest BCUT2D eigenvalue weighted by Gasteiger charge is -2.52. The van der Waals surface area contributed by atoms with E-state index in [9.17, 15) is 4.79 Å². The topological polar surface area (TPSA) is 29.5 Å². The number of carbonyl (C=O) groups is 1. The monoisotopic (exact) mass is 299 g/mol. The zero-order valence-corrected chi connectivity index (χ0v) is 14.0. The van der Waals surface area contributed by atoms with E-state index in [1.807, 2.05) is 0 Å². The molecule has 2 aliphatic carbocycles. The van der Waals surface area contributed by atoms with Gasteiger partial charge in [-0.2, -0.15) is 0 Å². The number of amides is 1. The number of nitrogens with zero attached hydrogens (tertiary/aromatic N) is 1. The van der Waals surface area contributed by atoms with Crippen molar-refractivity contribution in [3.05, 3.63) is 29.3 Å². The fourth-order valence-corrected chi connectivity index (χ4v) is 6.17. The number of likely N-dealkylation sites (tertiary alicyclic amines) is 1. The molecule has 3 heteroatoms. The summed E-state index contributed by atoms with van der Waals surface area (Å²) in [5, 5.41) is 0. The first-order valence-electron chi connectivity index (χ1n) is 8.35. The van der Waals surface area contributed by atoms with Crippen molar-refractivity contribution in [1.82, 2.24) is 4.90 Å². The second kappa shape index (κ2) is 4.06. The number of fused-ring (bicyclic) bond motifs is 4. The van der Waals surface area contributed by atoms with Crippen molar-refractivity contribution in [2.75, 3.05) is 13.7 Å². The van der Waals surface area contributed by atoms with Gasteiger partial charge in [-0.05, 0) is 36.3 Å². The molecule has 22 heavy (non-hydrogen) atoms. The van der Waals surface area contributed by atoms with E-state index in [2.05, 4.69) is 43.9 Å². The first-order chi connectivity index (χ1) is 10.5. The second-order valence-corrected chi connectivity index (χ2v) is 7.99. The summed E-state index contributed by atoms with van der Waals surface area (Å²) in [5.74, 6) is 1.01. The molecule has 1 spiro atoms. The van der Waals surface area contributed by atoms with Crippen molar-refractivity contribution in [2.24, 2.45) is 5.41 Å². The van der Waals surface area contributed by atoms with Gasteiger partial charge in [0.2, 0.25) is 6.41 Å². The normalized spacial score (nSPS) is 37.1. The lowest BCUT2D eigenvalue weighted by Crippen LogP contribution is -2.53. The molecular weight excluding hydrogens is 274 g/mol. The van der Waals surface area contributed by atoms with Gasteiger partial charge < -0.3 is 9.64 Å². The van der Waals surface area contributed by atoms with Crippen molar-refractivity contribution in [1.29, 1.82) is 0 Å². The Hall–Kier alpha value is -1.51. The quantitative estimate of drug-likeness (QED) is 0.802. The van der Waals surface area contributed by atoms with Crippen LogP contribution in [-0.4, -0.2) is 31.0 Å². The van der Waals surface area contributed by atoms with Crippen LogP contribution in [0, 0.1) is 5.41 Å². The second-order valence-electron chi connectivity index (χ2n) is 7.99. The van der Waals surface area contributed by atoms with Crippen molar-refractivity contribution in [3.63, 3.8) is 0 Å². The number of hydrogen-bond donors (Lipinski definition) is 0. The zero-order chi connectivity index (χ0) is 15.8. The fourth-order valence-electron chi connectivity index (χ4n) is 6.17. The number of benzene rings is 1. The molecule has 3 nitrogen and oxygen atoms in total. The Morgan fingerprint density at radius 3 is 2.82 bits per heavy atom. The number of carbonyl (C=O) groups excluding carboxylic acids is 1. The minimum Gasteiger partial charge on any atom is -0.496 e. The molecule has 1 saturated heterocycles. The summed E-state index contributed by atoms with van der Waals surface area (Å²) in [6.45, 7) is 7.88. The summed E-state index contributed by atoms with van der Waals surface area (Å²) < 4.78 is 5.73. The summed E-state index contributed by atoms with van der Waals surface area (Å²) in [7, 11) is 1.77. The standard InChI is InChI=1S/C19H25NO2/c1-5-19-10-18(16-13(19)7-6-8-14(16)22-4)9-15(17(19,2)3)20(11-18)12-21/h6-8,12,15H,5,9-11H2,1-4H3/t15-,18-,19+/m1/s1. The molecule has 0 unspecified atom stereocenters. The van der Waals surface area contributed by atoms with Crippen LogP contribution in [0.25, 0.3) is 0 Å². The molecule has 118 valence electrons. The first kappa shape index (κ1) is 14.1. The molecule has 3 atom stereocenters. The largest absolute Gasteiger partial charge is 0.496 e. The first-order valence-corrected chi connectivity index (χ1v) is 8.35. The Morgan fingerprint density at radius 2 is 2.18 bits per heavy atom. The third kappa shape index (κ3) is 1.28. The van der Waals surface area contributed by atoms with E-state index in [1.165, 1.54) is 11.1 Å². The minimum atomic E-state index is 0.0836. The van der Waals surface area contributed by atoms with Crippen LogP contribution in [-0.2, 0) is 15.6 Å². The maximum Gasteiger partial charge on any atom is 0.210 e. The zero-order valence-electron chi connectivity index (χ0n) is 14.0. The molecule has 4 rings (SSSR count). The molecule has 1 aromatic carbocycles. The third-order valence-electron chi connectivity index (χ3n) is 7.21. The summed E-state index contributed by atoms with van der Waals surface area (Å²) in [6.07, 6.45) is 4.42. The predicted molar refractivity (Wildman–Crippen MR) is 86.2 cm³/mol. The van der Waals surface area contributed by atoms with Gasteiger partial charge in [0.1, 0.15) is 5.75 Å². The summed E-state index contributed by atoms with van der Waals surface area (Å²) in [5.41, 5.74) is 3.20. The molecule has 1 amide bonds. The van der Waals surface area contributed by atoms with Crippen LogP contribution >= 0.6 is 0 Å². The molecule has 2 fully saturated rings. The Labute approximate surface area is 132 Å². The van der Waals surface area contributed by atoms with Crippen LogP contribution in [0.15, 0.2) is 18.2 Å². The lowest BCUT2D eigenvalue weighted by atomic mass is 9.53. The van der Waals surface area contributed by atoms with Crippen molar-refractivity contribution in [3.8, 4) is 5.75 Å². The summed E-state index contributed by atoms with van der Waals surface area (Å²) in [4.78, 5) is 13.7. The van der Waals surface area contributed by atoms with E-state index in [0.29, 0.717) is 6.04 Å². The number of ether oxygens (including phenoxy) is 1. The van der Waals surface area contributed by atoms with Gasteiger partial charge in [-0.25, -0.2) is 0 Å². The SMILES string of the molecule is CC[C@@]12C[C@@]3(C[C@@H](N(C=O)C3)C1(C)C)c1c(OC)cccc12. The van der Waals surface area contributed by atoms with Crippen LogP contribution < -0.4 is 4.74 Å². The number of rotatable bonds is 3. The Morgan fingerprint density at radius 1 is 1.41 bits per heavy atom. The molecule has 1 heterocycles. The maximum atomic E-state index is 11.7. The van der Waals surface area contributed by atoms with Crippen LogP contribution in [0.5, 0.6) is 5.75 Å². The molecule has 3 bridgehead atoms. The number of methoxy groups -OCH3 is 1. The third-order valence-corrected chi connectivity index (χ3v) is 7.21. The van der Waals surface area contributed by atoms with E-state index in [1.54, 1.807) is 7.11 Å². The molecule has 0 radical (unpaired) electrons. The Bertz CT molecular complexity index is 653. The van der Waals surface area contributed by atoms with Gasteiger partial charge in [0.25, 0.3) is 0 Å². The maximum absolute atomic E-state index is 11.7. The molecular formula is C19H25NO2. The highest BCUT2D eigenvalue weighted by molar-refractivity contribution is 5.61. The van der Waals surface area contributed by atoms with Gasteiger partial charge in [0, 0.05) is 29.0 Å². The highest BCUT2D eigenvalue weighted by Gasteiger charge is 2.69. The van der Waals surface area contributed by atoms with Crippen LogP contribution in [0.3, 0.4) is 0 Å². The highest BCUT2D eigenvalue weighted by atomic mass is 16.5. The van der Waals surface area contributed by atoms with Crippen molar-refractivity contribution in [2.45, 2.75) is 56.9 Å². The number of hydrogen-bond acceptors (Lipinski definition) is 2. The summed E-state index contributed by atoms with van der Waals surface area (Å²) >= 11 is 0. The van der Waals surface area contributed by atoms with Gasteiger partial charge in [-0.1, -0.05) is 32.9 Å². The summed E-state index contributed by atoms with van der Waals surface area (Å²) in [6, 6.07) is 6.86. The van der Waals surface area contributed by atoms with Crippen LogP contribution in [0.1, 0.15) is 51.2 Å². The van der Waals surface area contributed by atoms with Crippen LogP contribution in [0.2, 0.25) is 0 Å². The van der Waals surface area contributed by atoms with Gasteiger partial charge in [-0.15, -0.1) is 0 Å². The molecule has 0 N–H and O–H groups in total. The van der Waals surface area contributed by atoms with E-state index in [-0.39, 0.29) is 16.2 Å². The predicted octanol–water partition coefficient (Wildman–Crippen LogP) is 3.26. The molecule has 0 aromatic heterocycles. The van der Waals surface area contributed by atoms with Gasteiger partial charge in [0.05, 0.1) is 7.11 Å². The molecule has 1 saturated carbocycles. The average Bonchev–Trinajstić information content (AvgIpc) is 3.01. The van der Waals surface area contributed by atoms with E-state index in [0.717, 1.165) is 38.0 Å². The average molecular weight is 299 g/mol.